The number of imide groups is 2. The first-order chi connectivity index (χ1) is 27.9. The van der Waals surface area contributed by atoms with Gasteiger partial charge >= 0.3 is 6.18 Å². The van der Waals surface area contributed by atoms with E-state index < -0.39 is 58.7 Å². The highest BCUT2D eigenvalue weighted by atomic mass is 32.1. The highest BCUT2D eigenvalue weighted by Gasteiger charge is 2.47. The molecule has 18 heteroatoms. The van der Waals surface area contributed by atoms with Gasteiger partial charge in [0.05, 0.1) is 27.0 Å². The summed E-state index contributed by atoms with van der Waals surface area (Å²) in [6, 6.07) is 5.43. The molecule has 7 rings (SSSR count). The molecule has 4 aliphatic heterocycles. The van der Waals surface area contributed by atoms with Crippen LogP contribution in [0.15, 0.2) is 65.9 Å². The molecule has 6 heterocycles. The Kier molecular flexibility index (Phi) is 11.5. The molecule has 0 saturated carbocycles. The number of rotatable bonds is 11. The van der Waals surface area contributed by atoms with E-state index in [0.29, 0.717) is 35.2 Å². The second-order valence-corrected chi connectivity index (χ2v) is 16.8. The van der Waals surface area contributed by atoms with Crippen LogP contribution in [0.2, 0.25) is 0 Å². The van der Waals surface area contributed by atoms with Crippen LogP contribution in [-0.2, 0) is 31.0 Å². The molecule has 4 aliphatic rings. The van der Waals surface area contributed by atoms with Gasteiger partial charge in [0.2, 0.25) is 11.8 Å². The molecule has 1 unspecified atom stereocenters. The smallest absolute Gasteiger partial charge is 0.386 e. The van der Waals surface area contributed by atoms with Crippen molar-refractivity contribution in [3.63, 3.8) is 0 Å². The van der Waals surface area contributed by atoms with Gasteiger partial charge in [-0.1, -0.05) is 30.1 Å². The molecule has 0 radical (unpaired) electrons. The summed E-state index contributed by atoms with van der Waals surface area (Å²) >= 11 is 1.43. The topological polar surface area (TPSA) is 177 Å². The van der Waals surface area contributed by atoms with E-state index >= 15 is 0 Å². The molecule has 1 atom stereocenters. The van der Waals surface area contributed by atoms with Crippen LogP contribution in [0.25, 0.3) is 10.2 Å². The molecule has 0 aliphatic carbocycles. The number of anilines is 2. The number of benzene rings is 1. The number of fused-ring (bicyclic) bond motifs is 1. The second-order valence-electron chi connectivity index (χ2n) is 15.8. The molecule has 4 saturated heterocycles. The van der Waals surface area contributed by atoms with E-state index in [9.17, 15) is 42.3 Å². The monoisotopic (exact) mass is 834 g/mol. The molecule has 0 spiro atoms. The van der Waals surface area contributed by atoms with E-state index in [1.807, 2.05) is 0 Å². The number of piperidine rings is 2. The van der Waals surface area contributed by atoms with E-state index in [4.69, 9.17) is 4.98 Å². The lowest BCUT2D eigenvalue weighted by Crippen LogP contribution is -2.54. The number of pyridine rings is 1. The molecule has 312 valence electrons. The number of hydrogen-bond acceptors (Lipinski definition) is 12. The number of alkyl halides is 3. The Morgan fingerprint density at radius 3 is 2.42 bits per heavy atom. The van der Waals surface area contributed by atoms with Crippen molar-refractivity contribution in [3.8, 4) is 0 Å². The van der Waals surface area contributed by atoms with Crippen LogP contribution < -0.4 is 20.9 Å². The molecule has 14 nitrogen and oxygen atoms in total. The minimum atomic E-state index is -4.71. The highest BCUT2D eigenvalue weighted by Crippen LogP contribution is 2.39. The van der Waals surface area contributed by atoms with Gasteiger partial charge in [0.1, 0.15) is 17.4 Å². The second kappa shape index (κ2) is 16.3. The predicted molar refractivity (Wildman–Crippen MR) is 214 cm³/mol. The largest absolute Gasteiger partial charge is 0.433 e. The first-order valence-electron chi connectivity index (χ1n) is 19.4. The van der Waals surface area contributed by atoms with Gasteiger partial charge in [-0.05, 0) is 89.4 Å². The fourth-order valence-electron chi connectivity index (χ4n) is 8.01. The van der Waals surface area contributed by atoms with Gasteiger partial charge in [-0.15, -0.1) is 0 Å². The van der Waals surface area contributed by atoms with E-state index in [-0.39, 0.29) is 29.7 Å². The minimum absolute atomic E-state index is 0.0421. The van der Waals surface area contributed by atoms with Crippen molar-refractivity contribution in [3.05, 3.63) is 82.9 Å². The Bertz CT molecular complexity index is 2280. The van der Waals surface area contributed by atoms with Crippen molar-refractivity contribution in [2.24, 2.45) is 11.8 Å². The van der Waals surface area contributed by atoms with E-state index in [0.717, 1.165) is 72.4 Å². The Balaban J connectivity index is 0.925. The van der Waals surface area contributed by atoms with Gasteiger partial charge < -0.3 is 25.5 Å². The Morgan fingerprint density at radius 1 is 1.05 bits per heavy atom. The predicted octanol–water partition coefficient (Wildman–Crippen LogP) is 4.49. The number of aromatic nitrogens is 2. The van der Waals surface area contributed by atoms with Crippen LogP contribution in [0.3, 0.4) is 0 Å². The van der Waals surface area contributed by atoms with Gasteiger partial charge in [0.15, 0.2) is 5.13 Å². The van der Waals surface area contributed by atoms with Crippen molar-refractivity contribution in [1.82, 2.24) is 30.4 Å². The summed E-state index contributed by atoms with van der Waals surface area (Å²) in [5.74, 6) is -2.34. The molecule has 0 bridgehead atoms. The molecule has 5 amide bonds. The van der Waals surface area contributed by atoms with Crippen molar-refractivity contribution in [1.29, 1.82) is 0 Å². The summed E-state index contributed by atoms with van der Waals surface area (Å²) in [4.78, 5) is 78.0. The minimum Gasteiger partial charge on any atom is -0.386 e. The average molecular weight is 835 g/mol. The summed E-state index contributed by atoms with van der Waals surface area (Å²) in [5, 5.41) is 20.0. The number of thiazole rings is 1. The molecular weight excluding hydrogens is 790 g/mol. The lowest BCUT2D eigenvalue weighted by atomic mass is 9.94. The van der Waals surface area contributed by atoms with Crippen LogP contribution >= 0.6 is 11.3 Å². The van der Waals surface area contributed by atoms with Crippen LogP contribution in [-0.4, -0.2) is 99.7 Å². The fourth-order valence-corrected chi connectivity index (χ4v) is 9.02. The number of halogens is 3. The Hall–Kier alpha value is -5.46. The lowest BCUT2D eigenvalue weighted by Gasteiger charge is -2.43. The number of nitrogens with zero attached hydrogens (tertiary/aromatic N) is 5. The number of amides is 5. The van der Waals surface area contributed by atoms with Crippen molar-refractivity contribution in [2.45, 2.75) is 64.3 Å². The number of nitrogens with one attached hydrogen (secondary N) is 3. The zero-order valence-electron chi connectivity index (χ0n) is 32.8. The molecule has 3 aromatic rings. The van der Waals surface area contributed by atoms with E-state index in [1.165, 1.54) is 23.5 Å². The summed E-state index contributed by atoms with van der Waals surface area (Å²) in [6.07, 6.45) is 0.351. The Labute approximate surface area is 342 Å². The summed E-state index contributed by atoms with van der Waals surface area (Å²) in [6.45, 7) is 13.5. The third-order valence-corrected chi connectivity index (χ3v) is 12.2. The van der Waals surface area contributed by atoms with E-state index in [1.54, 1.807) is 39.0 Å². The normalized spacial score (nSPS) is 21.6. The van der Waals surface area contributed by atoms with Crippen LogP contribution in [0, 0.1) is 11.8 Å². The average Bonchev–Trinajstić information content (AvgIpc) is 3.69. The summed E-state index contributed by atoms with van der Waals surface area (Å²) in [7, 11) is 0. The maximum Gasteiger partial charge on any atom is 0.433 e. The first-order valence-corrected chi connectivity index (χ1v) is 20.3. The van der Waals surface area contributed by atoms with Crippen LogP contribution in [0.4, 0.5) is 24.0 Å². The van der Waals surface area contributed by atoms with Crippen LogP contribution in [0.1, 0.15) is 68.2 Å². The number of hydrogen-bond donors (Lipinski definition) is 4. The summed E-state index contributed by atoms with van der Waals surface area (Å²) < 4.78 is 40.4. The van der Waals surface area contributed by atoms with Crippen LogP contribution in [0.5, 0.6) is 0 Å². The molecular formula is C41H45F3N8O6S. The third-order valence-electron chi connectivity index (χ3n) is 11.2. The number of aliphatic hydroxyl groups is 1. The summed E-state index contributed by atoms with van der Waals surface area (Å²) in [5.41, 5.74) is -0.934. The van der Waals surface area contributed by atoms with Gasteiger partial charge in [-0.3, -0.25) is 34.2 Å². The fraction of sp³-hybridized carbons (Fsp3) is 0.439. The lowest BCUT2D eigenvalue weighted by molar-refractivity contribution is -0.149. The van der Waals surface area contributed by atoms with E-state index in [2.05, 4.69) is 37.3 Å². The number of allylic oxidation sites excluding steroid dienone is 2. The maximum absolute atomic E-state index is 13.6. The van der Waals surface area contributed by atoms with Crippen molar-refractivity contribution >= 4 is 61.9 Å². The molecule has 4 fully saturated rings. The first kappa shape index (κ1) is 41.7. The SMILES string of the molecule is C=C/C(NCC1CCN(CC2CN(c3nc4cc(C(C)(C)O)c(NC(=O)c5cccc(C(F)(F)F)n5)cc4s3)C2)CC1)=C1/C(=O)N(C2CCC(=O)NC2=O)C(=O)/C1=C/C. The number of carbonyl (C=O) groups excluding carboxylic acids is 5. The number of likely N-dealkylation sites (tertiary alicyclic amines) is 2. The molecule has 4 N–H and O–H groups in total. The zero-order valence-corrected chi connectivity index (χ0v) is 33.6. The highest BCUT2D eigenvalue weighted by molar-refractivity contribution is 7.22. The number of carbonyl (C=O) groups is 5. The molecule has 59 heavy (non-hydrogen) atoms. The molecule has 2 aromatic heterocycles. The van der Waals surface area contributed by atoms with Gasteiger partial charge in [0.25, 0.3) is 17.7 Å². The zero-order chi connectivity index (χ0) is 42.4. The quantitative estimate of drug-likeness (QED) is 0.158. The van der Waals surface area contributed by atoms with Crippen molar-refractivity contribution in [2.75, 3.05) is 49.5 Å². The van der Waals surface area contributed by atoms with Gasteiger partial charge in [0, 0.05) is 55.5 Å². The Morgan fingerprint density at radius 2 is 1.78 bits per heavy atom. The van der Waals surface area contributed by atoms with Crippen molar-refractivity contribution < 1.29 is 42.3 Å². The standard InChI is InChI=1S/C41H45F3N8O6S/c1-5-24-34(38(57)52(37(24)56)30-10-11-33(53)49-36(30)55)26(6-2)45-18-22-12-14-50(15-13-22)19-23-20-51(21-23)39-48-29-16-25(40(3,4)58)28(17-31(29)59-39)47-35(54)27-8-7-9-32(46-27)41(42,43)44/h5-9,16-17,22-23,30,45,58H,2,10-15,18-21H2,1,3-4H3,(H,47,54)(H,49,53,55)/b24-5+,34-26-. The van der Waals surface area contributed by atoms with Gasteiger partial charge in [-0.2, -0.15) is 13.2 Å². The van der Waals surface area contributed by atoms with Gasteiger partial charge in [-0.25, -0.2) is 9.97 Å². The molecule has 1 aromatic carbocycles. The third kappa shape index (κ3) is 8.65. The maximum atomic E-state index is 13.6.